The number of aromatic nitrogens is 1. The maximum atomic E-state index is 13.0. The van der Waals surface area contributed by atoms with E-state index >= 15 is 0 Å². The number of carbonyl (C=O) groups is 1. The molecule has 4 rings (SSSR count). The van der Waals surface area contributed by atoms with E-state index in [0.717, 1.165) is 28.8 Å². The number of rotatable bonds is 3. The largest absolute Gasteiger partial charge is 0.416 e. The maximum absolute atomic E-state index is 13.0. The number of benzene rings is 3. The molecule has 0 atom stereocenters. The van der Waals surface area contributed by atoms with Gasteiger partial charge in [-0.3, -0.25) is 4.79 Å². The average molecular weight is 365 g/mol. The minimum absolute atomic E-state index is 0.226. The summed E-state index contributed by atoms with van der Waals surface area (Å²) in [4.78, 5) is 14.7. The lowest BCUT2D eigenvalue weighted by atomic mass is 10.0. The molecule has 1 N–H and O–H groups in total. The minimum Gasteiger partial charge on any atom is -0.354 e. The van der Waals surface area contributed by atoms with E-state index in [2.05, 4.69) is 4.98 Å². The Morgan fingerprint density at radius 3 is 2.04 bits per heavy atom. The highest BCUT2D eigenvalue weighted by atomic mass is 19.4. The van der Waals surface area contributed by atoms with E-state index in [1.54, 1.807) is 0 Å². The molecule has 3 aromatic carbocycles. The van der Waals surface area contributed by atoms with Gasteiger partial charge < -0.3 is 4.98 Å². The van der Waals surface area contributed by atoms with Gasteiger partial charge in [0.05, 0.1) is 11.3 Å². The summed E-state index contributed by atoms with van der Waals surface area (Å²) in [7, 11) is 0. The number of fused-ring (bicyclic) bond motifs is 1. The van der Waals surface area contributed by atoms with E-state index in [0.29, 0.717) is 17.5 Å². The number of aromatic amines is 1. The summed E-state index contributed by atoms with van der Waals surface area (Å²) < 4.78 is 39.0. The van der Waals surface area contributed by atoms with Crippen LogP contribution in [0.2, 0.25) is 0 Å². The molecule has 27 heavy (non-hydrogen) atoms. The van der Waals surface area contributed by atoms with Crippen molar-refractivity contribution in [2.24, 2.45) is 0 Å². The molecule has 0 bridgehead atoms. The van der Waals surface area contributed by atoms with Gasteiger partial charge in [-0.05, 0) is 34.9 Å². The number of alkyl halides is 3. The van der Waals surface area contributed by atoms with Crippen LogP contribution in [0.15, 0.2) is 72.8 Å². The highest BCUT2D eigenvalue weighted by molar-refractivity contribution is 6.04. The SMILES string of the molecule is O=Cc1c(-c2ccc(-c3ccccc3)cc2)[nH]c2ccc(C(F)(F)F)cc12. The van der Waals surface area contributed by atoms with Gasteiger partial charge in [-0.2, -0.15) is 13.2 Å². The van der Waals surface area contributed by atoms with Gasteiger partial charge in [0.2, 0.25) is 0 Å². The summed E-state index contributed by atoms with van der Waals surface area (Å²) in [5.41, 5.74) is 3.27. The van der Waals surface area contributed by atoms with E-state index in [1.807, 2.05) is 54.6 Å². The quantitative estimate of drug-likeness (QED) is 0.423. The summed E-state index contributed by atoms with van der Waals surface area (Å²) in [6, 6.07) is 20.7. The summed E-state index contributed by atoms with van der Waals surface area (Å²) in [5.74, 6) is 0. The number of carbonyl (C=O) groups excluding carboxylic acids is 1. The lowest BCUT2D eigenvalue weighted by molar-refractivity contribution is -0.137. The molecule has 1 heterocycles. The van der Waals surface area contributed by atoms with Crippen molar-refractivity contribution in [3.05, 3.63) is 83.9 Å². The lowest BCUT2D eigenvalue weighted by Gasteiger charge is -2.06. The molecule has 134 valence electrons. The highest BCUT2D eigenvalue weighted by Crippen LogP contribution is 2.35. The van der Waals surface area contributed by atoms with Crippen molar-refractivity contribution < 1.29 is 18.0 Å². The first-order valence-electron chi connectivity index (χ1n) is 8.31. The van der Waals surface area contributed by atoms with Gasteiger partial charge >= 0.3 is 6.18 Å². The molecule has 0 radical (unpaired) electrons. The zero-order chi connectivity index (χ0) is 19.0. The third-order valence-corrected chi connectivity index (χ3v) is 4.56. The van der Waals surface area contributed by atoms with Crippen molar-refractivity contribution in [1.82, 2.24) is 4.98 Å². The number of hydrogen-bond donors (Lipinski definition) is 1. The molecular formula is C22H14F3NO. The predicted molar refractivity (Wildman–Crippen MR) is 99.6 cm³/mol. The first-order valence-corrected chi connectivity index (χ1v) is 8.31. The van der Waals surface area contributed by atoms with Gasteiger partial charge in [0.25, 0.3) is 0 Å². The van der Waals surface area contributed by atoms with Crippen LogP contribution >= 0.6 is 0 Å². The average Bonchev–Trinajstić information content (AvgIpc) is 3.06. The Bertz CT molecular complexity index is 1110. The van der Waals surface area contributed by atoms with Crippen molar-refractivity contribution in [3.8, 4) is 22.4 Å². The van der Waals surface area contributed by atoms with Crippen molar-refractivity contribution in [2.45, 2.75) is 6.18 Å². The van der Waals surface area contributed by atoms with E-state index in [1.165, 1.54) is 6.07 Å². The van der Waals surface area contributed by atoms with Gasteiger partial charge in [-0.1, -0.05) is 54.6 Å². The number of nitrogens with one attached hydrogen (secondary N) is 1. The molecule has 5 heteroatoms. The molecule has 0 saturated carbocycles. The first-order chi connectivity index (χ1) is 13.0. The van der Waals surface area contributed by atoms with Crippen molar-refractivity contribution in [1.29, 1.82) is 0 Å². The van der Waals surface area contributed by atoms with Crippen LogP contribution in [0, 0.1) is 0 Å². The third-order valence-electron chi connectivity index (χ3n) is 4.56. The maximum Gasteiger partial charge on any atom is 0.416 e. The van der Waals surface area contributed by atoms with E-state index in [4.69, 9.17) is 0 Å². The molecule has 2 nitrogen and oxygen atoms in total. The Labute approximate surface area is 153 Å². The molecule has 0 amide bonds. The Kier molecular flexibility index (Phi) is 4.07. The molecule has 4 aromatic rings. The van der Waals surface area contributed by atoms with Gasteiger partial charge in [0.15, 0.2) is 6.29 Å². The Morgan fingerprint density at radius 2 is 1.41 bits per heavy atom. The topological polar surface area (TPSA) is 32.9 Å². The van der Waals surface area contributed by atoms with Crippen LogP contribution in [0.25, 0.3) is 33.3 Å². The fraction of sp³-hybridized carbons (Fsp3) is 0.0455. The van der Waals surface area contributed by atoms with Crippen LogP contribution in [0.3, 0.4) is 0 Å². The zero-order valence-electron chi connectivity index (χ0n) is 14.0. The fourth-order valence-corrected chi connectivity index (χ4v) is 3.20. The molecule has 0 fully saturated rings. The Balaban J connectivity index is 1.80. The minimum atomic E-state index is -4.46. The van der Waals surface area contributed by atoms with Crippen molar-refractivity contribution in [3.63, 3.8) is 0 Å². The molecule has 0 saturated heterocycles. The van der Waals surface area contributed by atoms with Crippen LogP contribution in [0.5, 0.6) is 0 Å². The molecule has 0 aliphatic heterocycles. The summed E-state index contributed by atoms with van der Waals surface area (Å²) in [6.45, 7) is 0. The van der Waals surface area contributed by atoms with Crippen molar-refractivity contribution >= 4 is 17.2 Å². The van der Waals surface area contributed by atoms with Gasteiger partial charge in [-0.25, -0.2) is 0 Å². The highest BCUT2D eigenvalue weighted by Gasteiger charge is 2.31. The molecule has 0 aliphatic rings. The second kappa shape index (κ2) is 6.43. The second-order valence-electron chi connectivity index (χ2n) is 6.23. The number of aldehydes is 1. The standard InChI is InChI=1S/C22H14F3NO/c23-22(24,25)17-10-11-20-18(12-17)19(13-27)21(26-20)16-8-6-15(7-9-16)14-4-2-1-3-5-14/h1-13,26H. The monoisotopic (exact) mass is 365 g/mol. The van der Waals surface area contributed by atoms with E-state index in [9.17, 15) is 18.0 Å². The van der Waals surface area contributed by atoms with Crippen molar-refractivity contribution in [2.75, 3.05) is 0 Å². The number of hydrogen-bond acceptors (Lipinski definition) is 1. The molecule has 0 unspecified atom stereocenters. The second-order valence-corrected chi connectivity index (χ2v) is 6.23. The number of H-pyrrole nitrogens is 1. The van der Waals surface area contributed by atoms with Gasteiger partial charge in [0.1, 0.15) is 0 Å². The van der Waals surface area contributed by atoms with Crippen LogP contribution < -0.4 is 0 Å². The number of halogens is 3. The predicted octanol–water partition coefficient (Wildman–Crippen LogP) is 6.33. The van der Waals surface area contributed by atoms with Gasteiger partial charge in [0, 0.05) is 16.5 Å². The smallest absolute Gasteiger partial charge is 0.354 e. The van der Waals surface area contributed by atoms with E-state index in [-0.39, 0.29) is 10.9 Å². The fourth-order valence-electron chi connectivity index (χ4n) is 3.20. The summed E-state index contributed by atoms with van der Waals surface area (Å²) in [6.07, 6.45) is -3.86. The third kappa shape index (κ3) is 3.12. The van der Waals surface area contributed by atoms with Crippen LogP contribution in [0.1, 0.15) is 15.9 Å². The molecule has 1 aromatic heterocycles. The summed E-state index contributed by atoms with van der Waals surface area (Å²) in [5, 5.41) is 0.266. The summed E-state index contributed by atoms with van der Waals surface area (Å²) >= 11 is 0. The van der Waals surface area contributed by atoms with Crippen LogP contribution in [0.4, 0.5) is 13.2 Å². The Hall–Kier alpha value is -3.34. The van der Waals surface area contributed by atoms with Crippen LogP contribution in [-0.2, 0) is 6.18 Å². The lowest BCUT2D eigenvalue weighted by Crippen LogP contribution is -2.04. The zero-order valence-corrected chi connectivity index (χ0v) is 14.0. The molecule has 0 spiro atoms. The van der Waals surface area contributed by atoms with E-state index < -0.39 is 11.7 Å². The Morgan fingerprint density at radius 1 is 0.778 bits per heavy atom. The first kappa shape index (κ1) is 17.1. The van der Waals surface area contributed by atoms with Crippen LogP contribution in [-0.4, -0.2) is 11.3 Å². The normalized spacial score (nSPS) is 11.7. The molecular weight excluding hydrogens is 351 g/mol. The molecule has 0 aliphatic carbocycles. The van der Waals surface area contributed by atoms with Gasteiger partial charge in [-0.15, -0.1) is 0 Å².